The summed E-state index contributed by atoms with van der Waals surface area (Å²) in [5.74, 6) is 0.966. The highest BCUT2D eigenvalue weighted by atomic mass is 16.2. The number of benzene rings is 1. The molecule has 0 saturated carbocycles. The van der Waals surface area contributed by atoms with Gasteiger partial charge in [0.25, 0.3) is 0 Å². The van der Waals surface area contributed by atoms with Crippen molar-refractivity contribution in [2.75, 3.05) is 40.3 Å². The molecular formula is C23H36N4O2. The number of nitrogens with zero attached hydrogens (tertiary/aromatic N) is 3. The van der Waals surface area contributed by atoms with Gasteiger partial charge in [-0.3, -0.25) is 9.69 Å². The van der Waals surface area contributed by atoms with Crippen LogP contribution in [0, 0.1) is 11.8 Å². The first kappa shape index (κ1) is 21.6. The molecule has 2 fully saturated rings. The molecule has 3 rings (SSSR count). The Labute approximate surface area is 175 Å². The number of nitrogens with one attached hydrogen (secondary N) is 1. The quantitative estimate of drug-likeness (QED) is 0.827. The van der Waals surface area contributed by atoms with Crippen LogP contribution in [0.5, 0.6) is 0 Å². The van der Waals surface area contributed by atoms with Crippen LogP contribution in [0.1, 0.15) is 43.7 Å². The lowest BCUT2D eigenvalue weighted by molar-refractivity contribution is -0.126. The van der Waals surface area contributed by atoms with Gasteiger partial charge in [0.1, 0.15) is 0 Å². The van der Waals surface area contributed by atoms with Crippen molar-refractivity contribution >= 4 is 11.9 Å². The minimum Gasteiger partial charge on any atom is -0.352 e. The second-order valence-electron chi connectivity index (χ2n) is 8.93. The van der Waals surface area contributed by atoms with Crippen molar-refractivity contribution in [2.24, 2.45) is 11.8 Å². The average molecular weight is 401 g/mol. The van der Waals surface area contributed by atoms with Crippen LogP contribution in [0.2, 0.25) is 0 Å². The molecule has 1 N–H and O–H groups in total. The minimum atomic E-state index is 0.00183. The van der Waals surface area contributed by atoms with Gasteiger partial charge in [-0.05, 0) is 55.8 Å². The predicted octanol–water partition coefficient (Wildman–Crippen LogP) is 2.93. The second-order valence-corrected chi connectivity index (χ2v) is 8.93. The highest BCUT2D eigenvalue weighted by molar-refractivity contribution is 5.79. The van der Waals surface area contributed by atoms with Crippen molar-refractivity contribution in [2.45, 2.75) is 45.7 Å². The fourth-order valence-corrected chi connectivity index (χ4v) is 4.19. The van der Waals surface area contributed by atoms with Crippen LogP contribution in [-0.2, 0) is 17.9 Å². The maximum atomic E-state index is 12.5. The SMILES string of the molecule is CC1CCN(Cc2ccc(CNC(=O)C3CCN(C(=O)N(C)C)CC3)cc2)CC1. The van der Waals surface area contributed by atoms with Gasteiger partial charge in [0.05, 0.1) is 0 Å². The highest BCUT2D eigenvalue weighted by Gasteiger charge is 2.27. The second kappa shape index (κ2) is 10.1. The van der Waals surface area contributed by atoms with E-state index in [0.29, 0.717) is 19.6 Å². The summed E-state index contributed by atoms with van der Waals surface area (Å²) in [4.78, 5) is 30.5. The van der Waals surface area contributed by atoms with Crippen molar-refractivity contribution in [1.82, 2.24) is 20.0 Å². The van der Waals surface area contributed by atoms with Crippen LogP contribution in [0.15, 0.2) is 24.3 Å². The summed E-state index contributed by atoms with van der Waals surface area (Å²) >= 11 is 0. The number of carbonyl (C=O) groups excluding carboxylic acids is 2. The molecule has 2 heterocycles. The number of piperidine rings is 2. The molecule has 0 spiro atoms. The van der Waals surface area contributed by atoms with Crippen LogP contribution >= 0.6 is 0 Å². The summed E-state index contributed by atoms with van der Waals surface area (Å²) in [6.07, 6.45) is 4.07. The number of carbonyl (C=O) groups is 2. The molecule has 0 atom stereocenters. The van der Waals surface area contributed by atoms with Crippen molar-refractivity contribution in [3.05, 3.63) is 35.4 Å². The van der Waals surface area contributed by atoms with E-state index in [1.165, 1.54) is 31.5 Å². The van der Waals surface area contributed by atoms with Crippen LogP contribution < -0.4 is 5.32 Å². The summed E-state index contributed by atoms with van der Waals surface area (Å²) in [6, 6.07) is 8.65. The van der Waals surface area contributed by atoms with Gasteiger partial charge < -0.3 is 15.1 Å². The monoisotopic (exact) mass is 400 g/mol. The molecule has 1 aromatic rings. The van der Waals surface area contributed by atoms with E-state index in [1.54, 1.807) is 19.0 Å². The zero-order valence-electron chi connectivity index (χ0n) is 18.2. The molecule has 1 aromatic carbocycles. The molecule has 160 valence electrons. The first-order valence-corrected chi connectivity index (χ1v) is 11.0. The molecule has 0 aliphatic carbocycles. The lowest BCUT2D eigenvalue weighted by Crippen LogP contribution is -2.46. The smallest absolute Gasteiger partial charge is 0.319 e. The van der Waals surface area contributed by atoms with Crippen molar-refractivity contribution < 1.29 is 9.59 Å². The lowest BCUT2D eigenvalue weighted by atomic mass is 9.96. The molecule has 2 aliphatic rings. The third kappa shape index (κ3) is 6.20. The maximum absolute atomic E-state index is 12.5. The van der Waals surface area contributed by atoms with Gasteiger partial charge in [0, 0.05) is 46.2 Å². The number of hydrogen-bond donors (Lipinski definition) is 1. The van der Waals surface area contributed by atoms with E-state index in [1.807, 2.05) is 4.90 Å². The van der Waals surface area contributed by atoms with Crippen LogP contribution in [0.3, 0.4) is 0 Å². The van der Waals surface area contributed by atoms with Crippen LogP contribution in [0.25, 0.3) is 0 Å². The Kier molecular flexibility index (Phi) is 7.53. The van der Waals surface area contributed by atoms with Crippen molar-refractivity contribution in [3.63, 3.8) is 0 Å². The molecule has 29 heavy (non-hydrogen) atoms. The van der Waals surface area contributed by atoms with Crippen LogP contribution in [0.4, 0.5) is 4.79 Å². The highest BCUT2D eigenvalue weighted by Crippen LogP contribution is 2.20. The number of likely N-dealkylation sites (tertiary alicyclic amines) is 2. The standard InChI is InChI=1S/C23H36N4O2/c1-18-8-12-26(13-9-18)17-20-6-4-19(5-7-20)16-24-22(28)21-10-14-27(15-11-21)23(29)25(2)3/h4-7,18,21H,8-17H2,1-3H3,(H,24,28). The Morgan fingerprint density at radius 2 is 1.55 bits per heavy atom. The predicted molar refractivity (Wildman–Crippen MR) is 115 cm³/mol. The van der Waals surface area contributed by atoms with Gasteiger partial charge in [-0.2, -0.15) is 0 Å². The summed E-state index contributed by atoms with van der Waals surface area (Å²) in [5.41, 5.74) is 2.47. The summed E-state index contributed by atoms with van der Waals surface area (Å²) < 4.78 is 0. The number of amides is 3. The summed E-state index contributed by atoms with van der Waals surface area (Å²) in [6.45, 7) is 7.61. The Bertz CT molecular complexity index is 673. The summed E-state index contributed by atoms with van der Waals surface area (Å²) in [7, 11) is 3.53. The lowest BCUT2D eigenvalue weighted by Gasteiger charge is -2.33. The molecule has 6 nitrogen and oxygen atoms in total. The normalized spacial score (nSPS) is 19.2. The Balaban J connectivity index is 1.40. The molecule has 2 saturated heterocycles. The number of urea groups is 1. The maximum Gasteiger partial charge on any atom is 0.319 e. The Hall–Kier alpha value is -2.08. The molecule has 2 aliphatic heterocycles. The number of hydrogen-bond acceptors (Lipinski definition) is 3. The average Bonchev–Trinajstić information content (AvgIpc) is 2.74. The zero-order valence-corrected chi connectivity index (χ0v) is 18.2. The zero-order chi connectivity index (χ0) is 20.8. The first-order chi connectivity index (χ1) is 13.9. The van der Waals surface area contributed by atoms with E-state index in [2.05, 4.69) is 41.4 Å². The van der Waals surface area contributed by atoms with E-state index in [-0.39, 0.29) is 17.9 Å². The summed E-state index contributed by atoms with van der Waals surface area (Å²) in [5, 5.41) is 3.08. The largest absolute Gasteiger partial charge is 0.352 e. The molecule has 0 unspecified atom stereocenters. The van der Waals surface area contributed by atoms with Crippen molar-refractivity contribution in [1.29, 1.82) is 0 Å². The first-order valence-electron chi connectivity index (χ1n) is 11.0. The molecular weight excluding hydrogens is 364 g/mol. The van der Waals surface area contributed by atoms with Gasteiger partial charge in [-0.25, -0.2) is 4.79 Å². The van der Waals surface area contributed by atoms with Gasteiger partial charge in [0.15, 0.2) is 0 Å². The Morgan fingerprint density at radius 3 is 2.14 bits per heavy atom. The van der Waals surface area contributed by atoms with E-state index in [4.69, 9.17) is 0 Å². The fraction of sp³-hybridized carbons (Fsp3) is 0.652. The third-order valence-corrected chi connectivity index (χ3v) is 6.29. The van der Waals surface area contributed by atoms with Gasteiger partial charge in [0.2, 0.25) is 5.91 Å². The van der Waals surface area contributed by atoms with E-state index >= 15 is 0 Å². The van der Waals surface area contributed by atoms with Gasteiger partial charge >= 0.3 is 6.03 Å². The molecule has 0 aromatic heterocycles. The topological polar surface area (TPSA) is 55.9 Å². The number of rotatable bonds is 5. The van der Waals surface area contributed by atoms with Crippen molar-refractivity contribution in [3.8, 4) is 0 Å². The van der Waals surface area contributed by atoms with Gasteiger partial charge in [-0.1, -0.05) is 31.2 Å². The van der Waals surface area contributed by atoms with E-state index in [0.717, 1.165) is 30.9 Å². The molecule has 3 amide bonds. The third-order valence-electron chi connectivity index (χ3n) is 6.29. The minimum absolute atomic E-state index is 0.00183. The van der Waals surface area contributed by atoms with E-state index in [9.17, 15) is 9.59 Å². The fourth-order valence-electron chi connectivity index (χ4n) is 4.19. The van der Waals surface area contributed by atoms with Crippen LogP contribution in [-0.4, -0.2) is 66.9 Å². The molecule has 0 bridgehead atoms. The van der Waals surface area contributed by atoms with Gasteiger partial charge in [-0.15, -0.1) is 0 Å². The molecule has 0 radical (unpaired) electrons. The Morgan fingerprint density at radius 1 is 0.966 bits per heavy atom. The molecule has 6 heteroatoms. The van der Waals surface area contributed by atoms with E-state index < -0.39 is 0 Å².